The number of carbonyl (C=O) groups is 1. The van der Waals surface area contributed by atoms with Gasteiger partial charge in [-0.1, -0.05) is 19.9 Å². The Morgan fingerprint density at radius 1 is 1.47 bits per heavy atom. The van der Waals surface area contributed by atoms with Crippen LogP contribution < -0.4 is 12.4 Å². The van der Waals surface area contributed by atoms with E-state index >= 15 is 0 Å². The van der Waals surface area contributed by atoms with Crippen molar-refractivity contribution in [3.05, 3.63) is 12.7 Å². The van der Waals surface area contributed by atoms with Gasteiger partial charge in [-0.2, -0.15) is 0 Å². The lowest BCUT2D eigenvalue weighted by Crippen LogP contribution is -3.00. The van der Waals surface area contributed by atoms with Crippen LogP contribution in [0.1, 0.15) is 26.2 Å². The van der Waals surface area contributed by atoms with Crippen molar-refractivity contribution in [3.8, 4) is 0 Å². The summed E-state index contributed by atoms with van der Waals surface area (Å²) in [5.74, 6) is -0.334. The zero-order chi connectivity index (χ0) is 11.2. The third kappa shape index (κ3) is 7.40. The molecule has 1 atom stereocenters. The van der Waals surface area contributed by atoms with E-state index in [1.807, 2.05) is 21.1 Å². The van der Waals surface area contributed by atoms with Crippen LogP contribution >= 0.6 is 0 Å². The molecule has 1 unspecified atom stereocenters. The molecule has 0 rings (SSSR count). The van der Waals surface area contributed by atoms with E-state index in [9.17, 15) is 4.79 Å². The number of ether oxygens (including phenoxy) is 1. The average molecular weight is 236 g/mol. The molecule has 15 heavy (non-hydrogen) atoms. The normalized spacial score (nSPS) is 12.5. The Kier molecular flexibility index (Phi) is 8.68. The van der Waals surface area contributed by atoms with Gasteiger partial charge in [0.2, 0.25) is 6.23 Å². The Morgan fingerprint density at radius 2 is 2.00 bits per heavy atom. The van der Waals surface area contributed by atoms with Gasteiger partial charge >= 0.3 is 5.97 Å². The molecule has 0 aromatic carbocycles. The summed E-state index contributed by atoms with van der Waals surface area (Å²) in [6.45, 7) is 5.52. The number of unbranched alkanes of at least 4 members (excludes halogenated alkanes) is 1. The van der Waals surface area contributed by atoms with Gasteiger partial charge in [-0.25, -0.2) is 4.79 Å². The Labute approximate surface area is 99.1 Å². The van der Waals surface area contributed by atoms with Gasteiger partial charge in [0.15, 0.2) is 0 Å². The van der Waals surface area contributed by atoms with E-state index in [4.69, 9.17) is 4.74 Å². The van der Waals surface area contributed by atoms with Gasteiger partial charge in [-0.3, -0.25) is 4.48 Å². The molecule has 0 aliphatic heterocycles. The fourth-order valence-corrected chi connectivity index (χ4v) is 1.17. The maximum atomic E-state index is 11.1. The molecule has 0 radical (unpaired) electrons. The summed E-state index contributed by atoms with van der Waals surface area (Å²) in [5.41, 5.74) is 0. The second-order valence-electron chi connectivity index (χ2n) is 4.35. The molecule has 0 aromatic rings. The first-order chi connectivity index (χ1) is 6.41. The van der Waals surface area contributed by atoms with Crippen LogP contribution in [-0.2, 0) is 9.53 Å². The molecule has 0 aromatic heterocycles. The molecule has 4 heteroatoms. The number of hydrogen-bond acceptors (Lipinski definition) is 2. The predicted molar refractivity (Wildman–Crippen MR) is 57.6 cm³/mol. The quantitative estimate of drug-likeness (QED) is 0.254. The zero-order valence-corrected chi connectivity index (χ0v) is 10.9. The second-order valence-corrected chi connectivity index (χ2v) is 4.35. The summed E-state index contributed by atoms with van der Waals surface area (Å²) < 4.78 is 5.92. The van der Waals surface area contributed by atoms with Crippen LogP contribution in [0.3, 0.4) is 0 Å². The minimum atomic E-state index is -0.334. The van der Waals surface area contributed by atoms with E-state index in [-0.39, 0.29) is 24.6 Å². The van der Waals surface area contributed by atoms with E-state index in [2.05, 4.69) is 13.5 Å². The van der Waals surface area contributed by atoms with Crippen molar-refractivity contribution < 1.29 is 26.4 Å². The highest BCUT2D eigenvalue weighted by atomic mass is 35.5. The van der Waals surface area contributed by atoms with Gasteiger partial charge in [0, 0.05) is 12.5 Å². The topological polar surface area (TPSA) is 26.3 Å². The van der Waals surface area contributed by atoms with E-state index in [1.165, 1.54) is 6.08 Å². The third-order valence-electron chi connectivity index (χ3n) is 2.09. The molecule has 0 fully saturated rings. The highest BCUT2D eigenvalue weighted by molar-refractivity contribution is 5.81. The van der Waals surface area contributed by atoms with Crippen molar-refractivity contribution in [2.75, 3.05) is 21.1 Å². The molecule has 0 heterocycles. The first-order valence-corrected chi connectivity index (χ1v) is 5.06. The number of carbonyl (C=O) groups excluding carboxylic acids is 1. The molecule has 0 spiro atoms. The van der Waals surface area contributed by atoms with Gasteiger partial charge in [0.1, 0.15) is 0 Å². The largest absolute Gasteiger partial charge is 1.00 e. The number of rotatable bonds is 6. The highest BCUT2D eigenvalue weighted by Gasteiger charge is 2.25. The number of esters is 1. The summed E-state index contributed by atoms with van der Waals surface area (Å²) in [6, 6.07) is 0. The molecule has 0 aliphatic carbocycles. The van der Waals surface area contributed by atoms with Gasteiger partial charge in [0.05, 0.1) is 21.1 Å². The molecular weight excluding hydrogens is 214 g/mol. The number of hydrogen-bond donors (Lipinski definition) is 0. The highest BCUT2D eigenvalue weighted by Crippen LogP contribution is 2.13. The number of quaternary nitrogens is 1. The maximum absolute atomic E-state index is 11.1. The Bertz CT molecular complexity index is 199. The van der Waals surface area contributed by atoms with Gasteiger partial charge < -0.3 is 17.1 Å². The van der Waals surface area contributed by atoms with Gasteiger partial charge in [0.25, 0.3) is 0 Å². The molecule has 90 valence electrons. The minimum absolute atomic E-state index is 0. The van der Waals surface area contributed by atoms with Crippen LogP contribution in [0.25, 0.3) is 0 Å². The standard InChI is InChI=1S/C11H22NO2.ClH/c1-6-8-9-10(12(3,4)5)14-11(13)7-2;/h7,10H,2,6,8-9H2,1,3-5H3;1H/q+1;/p-1. The molecule has 0 bridgehead atoms. The fourth-order valence-electron chi connectivity index (χ4n) is 1.17. The van der Waals surface area contributed by atoms with Crippen LogP contribution in [0.2, 0.25) is 0 Å². The van der Waals surface area contributed by atoms with E-state index < -0.39 is 0 Å². The molecular formula is C11H22ClNO2. The zero-order valence-electron chi connectivity index (χ0n) is 10.1. The van der Waals surface area contributed by atoms with Crippen molar-refractivity contribution in [1.82, 2.24) is 0 Å². The van der Waals surface area contributed by atoms with Crippen molar-refractivity contribution >= 4 is 5.97 Å². The second kappa shape index (κ2) is 7.71. The lowest BCUT2D eigenvalue weighted by molar-refractivity contribution is -0.917. The first kappa shape index (κ1) is 16.9. The molecule has 0 amide bonds. The Hall–Kier alpha value is -0.540. The van der Waals surface area contributed by atoms with Gasteiger partial charge in [-0.05, 0) is 6.42 Å². The van der Waals surface area contributed by atoms with Crippen LogP contribution in [0, 0.1) is 0 Å². The summed E-state index contributed by atoms with van der Waals surface area (Å²) in [5, 5.41) is 0. The van der Waals surface area contributed by atoms with E-state index in [1.54, 1.807) is 0 Å². The summed E-state index contributed by atoms with van der Waals surface area (Å²) in [4.78, 5) is 11.1. The van der Waals surface area contributed by atoms with Crippen LogP contribution in [-0.4, -0.2) is 37.8 Å². The third-order valence-corrected chi connectivity index (χ3v) is 2.09. The molecule has 0 N–H and O–H groups in total. The lowest BCUT2D eigenvalue weighted by atomic mass is 10.2. The lowest BCUT2D eigenvalue weighted by Gasteiger charge is -2.32. The SMILES string of the molecule is C=CC(=O)OC(CCCC)[N+](C)(C)C.[Cl-]. The van der Waals surface area contributed by atoms with Crippen LogP contribution in [0.4, 0.5) is 0 Å². The van der Waals surface area contributed by atoms with E-state index in [0.29, 0.717) is 4.48 Å². The summed E-state index contributed by atoms with van der Waals surface area (Å²) in [6.07, 6.45) is 4.24. The van der Waals surface area contributed by atoms with Crippen LogP contribution in [0.5, 0.6) is 0 Å². The molecule has 0 saturated heterocycles. The average Bonchev–Trinajstić information content (AvgIpc) is 2.09. The van der Waals surface area contributed by atoms with Crippen molar-refractivity contribution in [2.24, 2.45) is 0 Å². The van der Waals surface area contributed by atoms with Crippen molar-refractivity contribution in [3.63, 3.8) is 0 Å². The molecule has 0 aliphatic rings. The van der Waals surface area contributed by atoms with Crippen LogP contribution in [0.15, 0.2) is 12.7 Å². The summed E-state index contributed by atoms with van der Waals surface area (Å²) in [7, 11) is 6.07. The van der Waals surface area contributed by atoms with E-state index in [0.717, 1.165) is 19.3 Å². The first-order valence-electron chi connectivity index (χ1n) is 5.06. The molecule has 3 nitrogen and oxygen atoms in total. The van der Waals surface area contributed by atoms with Crippen molar-refractivity contribution in [1.29, 1.82) is 0 Å². The fraction of sp³-hybridized carbons (Fsp3) is 0.727. The smallest absolute Gasteiger partial charge is 0.334 e. The number of nitrogens with zero attached hydrogens (tertiary/aromatic N) is 1. The minimum Gasteiger partial charge on any atom is -1.00 e. The summed E-state index contributed by atoms with van der Waals surface area (Å²) >= 11 is 0. The molecule has 0 saturated carbocycles. The van der Waals surface area contributed by atoms with Crippen molar-refractivity contribution in [2.45, 2.75) is 32.4 Å². The maximum Gasteiger partial charge on any atom is 0.334 e. The van der Waals surface area contributed by atoms with Gasteiger partial charge in [-0.15, -0.1) is 0 Å². The number of halogens is 1. The Balaban J connectivity index is 0. The predicted octanol–water partition coefficient (Wildman–Crippen LogP) is -1.06. The monoisotopic (exact) mass is 235 g/mol. The Morgan fingerprint density at radius 3 is 2.33 bits per heavy atom.